The van der Waals surface area contributed by atoms with Gasteiger partial charge in [0, 0.05) is 5.02 Å². The van der Waals surface area contributed by atoms with Crippen molar-refractivity contribution < 1.29 is 13.5 Å². The molecule has 1 aromatic carbocycles. The lowest BCUT2D eigenvalue weighted by Gasteiger charge is -2.22. The van der Waals surface area contributed by atoms with Crippen LogP contribution in [0.1, 0.15) is 0 Å². The van der Waals surface area contributed by atoms with E-state index < -0.39 is 10.0 Å². The Morgan fingerprint density at radius 1 is 1.33 bits per heavy atom. The normalized spacial score (nSPS) is 18.9. The molecule has 18 heavy (non-hydrogen) atoms. The fraction of sp³-hybridized carbons (Fsp3) is 0.222. The van der Waals surface area contributed by atoms with Crippen molar-refractivity contribution in [3.05, 3.63) is 22.2 Å². The molecule has 2 rings (SSSR count). The molecule has 3 N–H and O–H groups in total. The first-order valence-electron chi connectivity index (χ1n) is 4.88. The molecule has 1 aromatic rings. The smallest absolute Gasteiger partial charge is 0.267 e. The van der Waals surface area contributed by atoms with Crippen LogP contribution in [0.3, 0.4) is 0 Å². The molecule has 0 saturated heterocycles. The van der Waals surface area contributed by atoms with Gasteiger partial charge in [-0.25, -0.2) is 18.1 Å². The topological polar surface area (TPSA) is 90.8 Å². The van der Waals surface area contributed by atoms with Gasteiger partial charge >= 0.3 is 0 Å². The predicted molar refractivity (Wildman–Crippen MR) is 69.8 cm³/mol. The highest BCUT2D eigenvalue weighted by Gasteiger charge is 2.29. The summed E-state index contributed by atoms with van der Waals surface area (Å²) < 4.78 is 26.1. The molecule has 9 heteroatoms. The highest BCUT2D eigenvalue weighted by Crippen LogP contribution is 2.34. The average molecular weight is 310 g/mol. The Hall–Kier alpha value is -1.02. The number of aliphatic hydroxyl groups is 1. The SMILES string of the molecule is O=S1(=O)NC(=NCCO)Nc2cc(Cl)cc(Cl)c21. The first kappa shape index (κ1) is 13.4. The molecule has 0 radical (unpaired) electrons. The Morgan fingerprint density at radius 2 is 2.06 bits per heavy atom. The zero-order valence-corrected chi connectivity index (χ0v) is 11.3. The van der Waals surface area contributed by atoms with E-state index in [1.807, 2.05) is 0 Å². The number of hydrogen-bond acceptors (Lipinski definition) is 4. The van der Waals surface area contributed by atoms with Gasteiger partial charge in [0.05, 0.1) is 23.9 Å². The van der Waals surface area contributed by atoms with E-state index in [1.54, 1.807) is 0 Å². The number of nitrogens with one attached hydrogen (secondary N) is 2. The van der Waals surface area contributed by atoms with E-state index in [-0.39, 0.29) is 34.7 Å². The van der Waals surface area contributed by atoms with Crippen LogP contribution in [-0.2, 0) is 10.0 Å². The summed E-state index contributed by atoms with van der Waals surface area (Å²) in [6.07, 6.45) is 0. The first-order valence-corrected chi connectivity index (χ1v) is 7.12. The van der Waals surface area contributed by atoms with Gasteiger partial charge in [-0.2, -0.15) is 0 Å². The van der Waals surface area contributed by atoms with E-state index in [4.69, 9.17) is 28.3 Å². The van der Waals surface area contributed by atoms with Gasteiger partial charge in [-0.1, -0.05) is 23.2 Å². The standard InChI is InChI=1S/C9H9Cl2N3O3S/c10-5-3-6(11)8-7(4-5)13-9(12-1-2-15)14-18(8,16)17/h3-4,15H,1-2H2,(H2,12,13,14). The van der Waals surface area contributed by atoms with Gasteiger partial charge in [-0.3, -0.25) is 0 Å². The van der Waals surface area contributed by atoms with Crippen LogP contribution in [0.4, 0.5) is 5.69 Å². The highest BCUT2D eigenvalue weighted by atomic mass is 35.5. The number of anilines is 1. The summed E-state index contributed by atoms with van der Waals surface area (Å²) in [6, 6.07) is 2.79. The minimum Gasteiger partial charge on any atom is -0.394 e. The molecular weight excluding hydrogens is 301 g/mol. The maximum atomic E-state index is 12.0. The maximum Gasteiger partial charge on any atom is 0.267 e. The van der Waals surface area contributed by atoms with Crippen molar-refractivity contribution in [2.45, 2.75) is 4.90 Å². The van der Waals surface area contributed by atoms with E-state index in [2.05, 4.69) is 15.0 Å². The van der Waals surface area contributed by atoms with Crippen LogP contribution in [-0.4, -0.2) is 32.6 Å². The quantitative estimate of drug-likeness (QED) is 0.761. The minimum absolute atomic E-state index is 0.0230. The van der Waals surface area contributed by atoms with Crippen LogP contribution >= 0.6 is 23.2 Å². The molecule has 98 valence electrons. The molecule has 1 heterocycles. The zero-order chi connectivity index (χ0) is 13.3. The highest BCUT2D eigenvalue weighted by molar-refractivity contribution is 7.90. The molecule has 0 aliphatic carbocycles. The first-order chi connectivity index (χ1) is 8.44. The van der Waals surface area contributed by atoms with E-state index in [0.717, 1.165) is 0 Å². The van der Waals surface area contributed by atoms with Crippen molar-refractivity contribution >= 4 is 44.9 Å². The third-order valence-corrected chi connectivity index (χ3v) is 4.20. The Morgan fingerprint density at radius 3 is 2.72 bits per heavy atom. The van der Waals surface area contributed by atoms with Crippen LogP contribution in [0.15, 0.2) is 22.0 Å². The molecule has 0 bridgehead atoms. The van der Waals surface area contributed by atoms with Crippen molar-refractivity contribution in [2.24, 2.45) is 4.99 Å². The summed E-state index contributed by atoms with van der Waals surface area (Å²) in [5, 5.41) is 11.7. The zero-order valence-electron chi connectivity index (χ0n) is 8.94. The third kappa shape index (κ3) is 2.54. The fourth-order valence-corrected chi connectivity index (χ4v) is 3.48. The van der Waals surface area contributed by atoms with Gasteiger partial charge < -0.3 is 10.4 Å². The fourth-order valence-electron chi connectivity index (χ4n) is 1.49. The maximum absolute atomic E-state index is 12.0. The molecule has 0 aromatic heterocycles. The molecule has 0 saturated carbocycles. The molecule has 0 unspecified atom stereocenters. The molecule has 0 fully saturated rings. The number of hydrogen-bond donors (Lipinski definition) is 3. The molecule has 1 aliphatic heterocycles. The number of aliphatic imine (C=N–C) groups is 1. The van der Waals surface area contributed by atoms with E-state index in [9.17, 15) is 8.42 Å². The molecular formula is C9H9Cl2N3O3S. The Bertz CT molecular complexity index is 616. The number of fused-ring (bicyclic) bond motifs is 1. The summed E-state index contributed by atoms with van der Waals surface area (Å²) in [5.74, 6) is 0.0230. The Kier molecular flexibility index (Phi) is 3.67. The molecule has 0 amide bonds. The van der Waals surface area contributed by atoms with Crippen molar-refractivity contribution in [2.75, 3.05) is 18.5 Å². The number of nitrogens with zero attached hydrogens (tertiary/aromatic N) is 1. The Labute approximate surface area is 114 Å². The lowest BCUT2D eigenvalue weighted by molar-refractivity contribution is 0.307. The molecule has 0 spiro atoms. The monoisotopic (exact) mass is 309 g/mol. The Balaban J connectivity index is 2.54. The lowest BCUT2D eigenvalue weighted by Crippen LogP contribution is -2.41. The van der Waals surface area contributed by atoms with Gasteiger partial charge in [-0.15, -0.1) is 0 Å². The molecule has 6 nitrogen and oxygen atoms in total. The van der Waals surface area contributed by atoms with E-state index in [0.29, 0.717) is 5.02 Å². The van der Waals surface area contributed by atoms with Gasteiger partial charge in [0.2, 0.25) is 5.96 Å². The van der Waals surface area contributed by atoms with Crippen molar-refractivity contribution in [1.82, 2.24) is 4.72 Å². The van der Waals surface area contributed by atoms with Gasteiger partial charge in [0.25, 0.3) is 10.0 Å². The number of benzene rings is 1. The number of guanidine groups is 1. The number of halogens is 2. The van der Waals surface area contributed by atoms with Gasteiger partial charge in [0.1, 0.15) is 4.90 Å². The van der Waals surface area contributed by atoms with Crippen LogP contribution in [0.2, 0.25) is 10.0 Å². The molecule has 0 atom stereocenters. The summed E-state index contributed by atoms with van der Waals surface area (Å²) in [5.41, 5.74) is 0.253. The second-order valence-corrected chi connectivity index (χ2v) is 5.91. The van der Waals surface area contributed by atoms with Crippen molar-refractivity contribution in [1.29, 1.82) is 0 Å². The summed E-state index contributed by atoms with van der Waals surface area (Å²) in [4.78, 5) is 3.76. The van der Waals surface area contributed by atoms with Gasteiger partial charge in [-0.05, 0) is 12.1 Å². The number of aliphatic hydroxyl groups excluding tert-OH is 1. The lowest BCUT2D eigenvalue weighted by atomic mass is 10.3. The van der Waals surface area contributed by atoms with E-state index >= 15 is 0 Å². The average Bonchev–Trinajstić information content (AvgIpc) is 2.23. The third-order valence-electron chi connectivity index (χ3n) is 2.13. The van der Waals surface area contributed by atoms with Crippen LogP contribution in [0, 0.1) is 0 Å². The predicted octanol–water partition coefficient (Wildman–Crippen LogP) is 1.05. The van der Waals surface area contributed by atoms with Crippen molar-refractivity contribution in [3.63, 3.8) is 0 Å². The second kappa shape index (κ2) is 4.93. The summed E-state index contributed by atoms with van der Waals surface area (Å²) >= 11 is 11.7. The number of rotatable bonds is 2. The summed E-state index contributed by atoms with van der Waals surface area (Å²) in [6.45, 7) is -0.107. The minimum atomic E-state index is -3.78. The van der Waals surface area contributed by atoms with Crippen molar-refractivity contribution in [3.8, 4) is 0 Å². The second-order valence-electron chi connectivity index (χ2n) is 3.45. The largest absolute Gasteiger partial charge is 0.394 e. The van der Waals surface area contributed by atoms with Crippen LogP contribution in [0.5, 0.6) is 0 Å². The summed E-state index contributed by atoms with van der Waals surface area (Å²) in [7, 11) is -3.78. The van der Waals surface area contributed by atoms with Crippen LogP contribution < -0.4 is 10.0 Å². The van der Waals surface area contributed by atoms with Crippen LogP contribution in [0.25, 0.3) is 0 Å². The number of sulfonamides is 1. The van der Waals surface area contributed by atoms with E-state index in [1.165, 1.54) is 12.1 Å². The molecule has 1 aliphatic rings. The van der Waals surface area contributed by atoms with Gasteiger partial charge in [0.15, 0.2) is 0 Å².